The fourth-order valence-electron chi connectivity index (χ4n) is 8.51. The lowest BCUT2D eigenvalue weighted by Crippen LogP contribution is -2.71. The van der Waals surface area contributed by atoms with Crippen LogP contribution < -0.4 is 21.8 Å². The lowest BCUT2D eigenvalue weighted by Gasteiger charge is -2.49. The predicted octanol–water partition coefficient (Wildman–Crippen LogP) is 8.02. The van der Waals surface area contributed by atoms with E-state index in [0.717, 1.165) is 28.5 Å². The molecule has 1 saturated heterocycles. The van der Waals surface area contributed by atoms with Crippen LogP contribution in [0.1, 0.15) is 59.5 Å². The van der Waals surface area contributed by atoms with Gasteiger partial charge >= 0.3 is 17.1 Å². The maximum Gasteiger partial charge on any atom is 0.356 e. The maximum absolute atomic E-state index is 14.7. The minimum absolute atomic E-state index is 0.00614. The third-order valence-electron chi connectivity index (χ3n) is 11.8. The quantitative estimate of drug-likeness (QED) is 0.0152. The maximum atomic E-state index is 14.7. The Bertz CT molecular complexity index is 3120. The van der Waals surface area contributed by atoms with E-state index in [1.165, 1.54) is 39.7 Å². The number of carbonyl (C=O) groups excluding carboxylic acids is 3. The highest BCUT2D eigenvalue weighted by Crippen LogP contribution is 2.43. The number of rotatable bonds is 17. The van der Waals surface area contributed by atoms with Gasteiger partial charge in [-0.15, -0.1) is 28.2 Å². The fourth-order valence-corrected chi connectivity index (χ4v) is 11.4. The minimum atomic E-state index is -1.07. The molecule has 358 valence electrons. The largest absolute Gasteiger partial charge is 0.448 e. The number of carbonyl (C=O) groups is 3. The van der Waals surface area contributed by atoms with E-state index in [4.69, 9.17) is 14.6 Å². The molecule has 2 aliphatic rings. The van der Waals surface area contributed by atoms with Crippen molar-refractivity contribution in [3.8, 4) is 0 Å². The third kappa shape index (κ3) is 9.86. The van der Waals surface area contributed by atoms with Crippen LogP contribution in [0.2, 0.25) is 0 Å². The smallest absolute Gasteiger partial charge is 0.356 e. The van der Waals surface area contributed by atoms with Crippen LogP contribution in [0.15, 0.2) is 200 Å². The number of amides is 2. The number of nitrogens with zero attached hydrogens (tertiary/aromatic N) is 5. The lowest BCUT2D eigenvalue weighted by molar-refractivity contribution is -0.154. The highest BCUT2D eigenvalue weighted by Gasteiger charge is 2.55. The molecule has 2 aliphatic heterocycles. The first-order chi connectivity index (χ1) is 34.6. The number of aromatic nitrogens is 4. The number of benzene rings is 5. The number of esters is 1. The number of nitrogens with one attached hydrogen (secondary N) is 3. The summed E-state index contributed by atoms with van der Waals surface area (Å²) in [5, 5.41) is 20.3. The second-order valence-corrected chi connectivity index (χ2v) is 19.3. The molecule has 2 unspecified atom stereocenters. The summed E-state index contributed by atoms with van der Waals surface area (Å²) in [4.78, 5) is 79.7. The number of thioether (sulfide) groups is 2. The van der Waals surface area contributed by atoms with E-state index in [2.05, 4.69) is 62.4 Å². The molecule has 2 aromatic heterocycles. The Morgan fingerprint density at radius 2 is 1.38 bits per heavy atom. The molecule has 9 rings (SSSR count). The van der Waals surface area contributed by atoms with Gasteiger partial charge in [0.2, 0.25) is 0 Å². The number of β-lactam (4-membered cyclic amide) rings is 1. The van der Waals surface area contributed by atoms with E-state index in [9.17, 15) is 24.0 Å². The van der Waals surface area contributed by atoms with Crippen LogP contribution in [0.5, 0.6) is 0 Å². The summed E-state index contributed by atoms with van der Waals surface area (Å²) in [6, 6.07) is 47.2. The van der Waals surface area contributed by atoms with Gasteiger partial charge in [-0.05, 0) is 58.7 Å². The Morgan fingerprint density at radius 1 is 0.831 bits per heavy atom. The normalized spacial score (nSPS) is 15.9. The molecule has 4 heterocycles. The number of hydrogen-bond donors (Lipinski definition) is 3. The van der Waals surface area contributed by atoms with Crippen LogP contribution in [0.25, 0.3) is 0 Å². The Labute approximate surface area is 420 Å². The number of fused-ring (bicyclic) bond motifs is 1. The molecule has 71 heavy (non-hydrogen) atoms. The van der Waals surface area contributed by atoms with Crippen molar-refractivity contribution in [2.45, 2.75) is 48.1 Å². The standard InChI is InChI=1S/C53H46N8O7S3/c1-33(2)60-48(65)46(63)57-58-52(60)69-30-29-36-31-70-49-42(47(64)61(49)43(36)50(66)68-44(34-19-9-4-10-20-34)35-21-11-5-12-22-35)55-45(62)41(59-67-3)40-32-71-51(54-40)56-53(37-23-13-6-14-24-37,38-25-15-7-16-26-38)39-27-17-8-18-28-39/h4-30,32-33,42,44,49H,31H2,1-3H3,(H,54,56)(H,55,62)(H,57,63)/b30-29+,59-41+. The van der Waals surface area contributed by atoms with E-state index in [-0.39, 0.29) is 34.1 Å². The molecule has 2 atom stereocenters. The molecule has 0 saturated carbocycles. The van der Waals surface area contributed by atoms with Gasteiger partial charge in [-0.25, -0.2) is 14.9 Å². The van der Waals surface area contributed by atoms with Crippen molar-refractivity contribution in [2.75, 3.05) is 18.2 Å². The van der Waals surface area contributed by atoms with Gasteiger partial charge in [-0.3, -0.25) is 28.6 Å². The zero-order valence-electron chi connectivity index (χ0n) is 38.5. The number of oxime groups is 1. The first kappa shape index (κ1) is 48.2. The molecule has 15 nitrogen and oxygen atoms in total. The molecule has 0 bridgehead atoms. The molecule has 0 spiro atoms. The van der Waals surface area contributed by atoms with E-state index >= 15 is 0 Å². The second-order valence-electron chi connectivity index (χ2n) is 16.5. The number of ether oxygens (including phenoxy) is 1. The van der Waals surface area contributed by atoms with Gasteiger partial charge in [-0.2, -0.15) is 0 Å². The van der Waals surface area contributed by atoms with Gasteiger partial charge in [0, 0.05) is 17.2 Å². The third-order valence-corrected chi connectivity index (χ3v) is 14.6. The molecule has 18 heteroatoms. The van der Waals surface area contributed by atoms with E-state index < -0.39 is 52.0 Å². The van der Waals surface area contributed by atoms with E-state index in [1.807, 2.05) is 115 Å². The number of thiazole rings is 1. The molecule has 1 fully saturated rings. The minimum Gasteiger partial charge on any atom is -0.448 e. The highest BCUT2D eigenvalue weighted by atomic mass is 32.2. The predicted molar refractivity (Wildman–Crippen MR) is 276 cm³/mol. The van der Waals surface area contributed by atoms with Crippen LogP contribution in [-0.2, 0) is 29.5 Å². The summed E-state index contributed by atoms with van der Waals surface area (Å²) in [7, 11) is 1.32. The Balaban J connectivity index is 1.00. The fraction of sp³-hybridized carbons (Fsp3) is 0.170. The van der Waals surface area contributed by atoms with Crippen molar-refractivity contribution in [3.05, 3.63) is 234 Å². The summed E-state index contributed by atoms with van der Waals surface area (Å²) in [6.07, 6.45) is 0.830. The Kier molecular flexibility index (Phi) is 14.6. The monoisotopic (exact) mass is 1000 g/mol. The number of hydrogen-bond acceptors (Lipinski definition) is 14. The Hall–Kier alpha value is -7.80. The van der Waals surface area contributed by atoms with Gasteiger partial charge in [0.15, 0.2) is 22.1 Å². The first-order valence-electron chi connectivity index (χ1n) is 22.4. The van der Waals surface area contributed by atoms with Crippen LogP contribution >= 0.6 is 34.9 Å². The molecule has 3 N–H and O–H groups in total. The summed E-state index contributed by atoms with van der Waals surface area (Å²) in [5.74, 6) is -1.80. The van der Waals surface area contributed by atoms with Crippen molar-refractivity contribution in [3.63, 3.8) is 0 Å². The molecule has 2 amide bonds. The molecule has 0 radical (unpaired) electrons. The van der Waals surface area contributed by atoms with Gasteiger partial charge in [0.05, 0.1) is 0 Å². The summed E-state index contributed by atoms with van der Waals surface area (Å²) in [5.41, 5.74) is 2.32. The van der Waals surface area contributed by atoms with Crippen LogP contribution in [0, 0.1) is 0 Å². The summed E-state index contributed by atoms with van der Waals surface area (Å²) < 4.78 is 7.60. The molecule has 5 aromatic carbocycles. The van der Waals surface area contributed by atoms with Crippen molar-refractivity contribution >= 4 is 63.5 Å². The lowest BCUT2D eigenvalue weighted by atomic mass is 9.77. The molecule has 0 aliphatic carbocycles. The van der Waals surface area contributed by atoms with Crippen molar-refractivity contribution < 1.29 is 24.0 Å². The topological polar surface area (TPSA) is 190 Å². The van der Waals surface area contributed by atoms with Gasteiger partial charge in [0.25, 0.3) is 11.8 Å². The zero-order valence-corrected chi connectivity index (χ0v) is 41.0. The van der Waals surface area contributed by atoms with Crippen LogP contribution in [0.3, 0.4) is 0 Å². The summed E-state index contributed by atoms with van der Waals surface area (Å²) >= 11 is 3.69. The average molecular weight is 1000 g/mol. The van der Waals surface area contributed by atoms with Gasteiger partial charge in [0.1, 0.15) is 35.5 Å². The number of H-pyrrole nitrogens is 1. The van der Waals surface area contributed by atoms with E-state index in [0.29, 0.717) is 21.8 Å². The molecule has 7 aromatic rings. The Morgan fingerprint density at radius 3 is 1.92 bits per heavy atom. The number of allylic oxidation sites excluding steroid dienone is 1. The first-order valence-corrected chi connectivity index (χ1v) is 25.3. The van der Waals surface area contributed by atoms with Crippen LogP contribution in [0.4, 0.5) is 5.13 Å². The van der Waals surface area contributed by atoms with Gasteiger partial charge in [-0.1, -0.05) is 169 Å². The average Bonchev–Trinajstić information content (AvgIpc) is 3.87. The van der Waals surface area contributed by atoms with Crippen molar-refractivity contribution in [1.82, 2.24) is 30.0 Å². The highest BCUT2D eigenvalue weighted by molar-refractivity contribution is 8.02. The van der Waals surface area contributed by atoms with Crippen LogP contribution in [-0.4, -0.2) is 72.4 Å². The molecular weight excluding hydrogens is 957 g/mol. The second kappa shape index (κ2) is 21.5. The number of anilines is 1. The zero-order chi connectivity index (χ0) is 49.5. The number of aromatic amines is 1. The van der Waals surface area contributed by atoms with E-state index in [1.54, 1.807) is 30.7 Å². The summed E-state index contributed by atoms with van der Waals surface area (Å²) in [6.45, 7) is 3.52. The van der Waals surface area contributed by atoms with Crippen molar-refractivity contribution in [1.29, 1.82) is 0 Å². The van der Waals surface area contributed by atoms with Gasteiger partial charge < -0.3 is 20.2 Å². The molecular formula is C53H46N8O7S3. The van der Waals surface area contributed by atoms with Crippen molar-refractivity contribution in [2.24, 2.45) is 5.16 Å². The SMILES string of the molecule is CO/N=C(/C(=O)NC1C(=O)N2C(C(=O)OC(c3ccccc3)c3ccccc3)=C(/C=C/Sc3n[nH]c(=O)c(=O)n3C(C)C)CSC12)c1csc(NC(c2ccccc2)(c2ccccc2)c2ccccc2)n1.